The lowest BCUT2D eigenvalue weighted by Gasteiger charge is -2.38. The van der Waals surface area contributed by atoms with Crippen molar-refractivity contribution in [2.75, 3.05) is 39.9 Å². The molecule has 0 N–H and O–H groups in total. The van der Waals surface area contributed by atoms with Gasteiger partial charge in [0.2, 0.25) is 0 Å². The highest BCUT2D eigenvalue weighted by atomic mass is 32.2. The van der Waals surface area contributed by atoms with Crippen molar-refractivity contribution < 1.29 is 9.13 Å². The molecule has 4 rings (SSSR count). The Kier molecular flexibility index (Phi) is 8.60. The number of fused-ring (bicyclic) bond motifs is 1. The Balaban J connectivity index is 1.09. The van der Waals surface area contributed by atoms with Gasteiger partial charge < -0.3 is 14.5 Å². The summed E-state index contributed by atoms with van der Waals surface area (Å²) in [6, 6.07) is 15.7. The molecule has 0 saturated carbocycles. The molecule has 172 valence electrons. The smallest absolute Gasteiger partial charge is 0.164 e. The summed E-state index contributed by atoms with van der Waals surface area (Å²) in [6.07, 6.45) is 5.51. The molecule has 0 radical (unpaired) electrons. The number of hydrogen-bond donors (Lipinski definition) is 0. The molecule has 1 fully saturated rings. The van der Waals surface area contributed by atoms with Gasteiger partial charge in [0, 0.05) is 38.5 Å². The molecule has 0 aromatic heterocycles. The number of piperidine rings is 1. The van der Waals surface area contributed by atoms with Gasteiger partial charge in [0.05, 0.1) is 12.3 Å². The van der Waals surface area contributed by atoms with E-state index in [-0.39, 0.29) is 5.82 Å². The Morgan fingerprint density at radius 2 is 1.84 bits per heavy atom. The monoisotopic (exact) mass is 455 g/mol. The molecule has 32 heavy (non-hydrogen) atoms. The van der Waals surface area contributed by atoms with E-state index in [0.29, 0.717) is 12.6 Å². The summed E-state index contributed by atoms with van der Waals surface area (Å²) in [7, 11) is 2.21. The summed E-state index contributed by atoms with van der Waals surface area (Å²) < 4.78 is 18.7. The van der Waals surface area contributed by atoms with Gasteiger partial charge in [0.25, 0.3) is 0 Å². The van der Waals surface area contributed by atoms with Crippen LogP contribution in [0.5, 0.6) is 0 Å². The number of nitrogens with zero attached hydrogens (tertiary/aromatic N) is 3. The molecule has 2 aliphatic heterocycles. The maximum absolute atomic E-state index is 12.9. The van der Waals surface area contributed by atoms with Crippen molar-refractivity contribution in [2.45, 2.75) is 43.9 Å². The fraction of sp³-hybridized carbons (Fsp3) is 0.500. The minimum absolute atomic E-state index is 0.183. The largest absolute Gasteiger partial charge is 0.381 e. The van der Waals surface area contributed by atoms with Gasteiger partial charge in [-0.15, -0.1) is 0 Å². The fourth-order valence-electron chi connectivity index (χ4n) is 4.37. The number of rotatable bonds is 9. The third-order valence-corrected chi connectivity index (χ3v) is 7.53. The maximum atomic E-state index is 12.9. The first-order valence-electron chi connectivity index (χ1n) is 11.8. The zero-order chi connectivity index (χ0) is 22.2. The molecule has 0 atom stereocenters. The zero-order valence-electron chi connectivity index (χ0n) is 19.0. The number of unbranched alkanes of at least 4 members (excludes halogenated alkanes) is 1. The Bertz CT molecular complexity index is 881. The van der Waals surface area contributed by atoms with Gasteiger partial charge in [-0.2, -0.15) is 0 Å². The third-order valence-electron chi connectivity index (χ3n) is 6.43. The lowest BCUT2D eigenvalue weighted by Crippen LogP contribution is -2.45. The van der Waals surface area contributed by atoms with E-state index in [4.69, 9.17) is 9.73 Å². The minimum atomic E-state index is -0.183. The van der Waals surface area contributed by atoms with Crippen LogP contribution >= 0.6 is 11.8 Å². The second kappa shape index (κ2) is 11.8. The van der Waals surface area contributed by atoms with Gasteiger partial charge in [0.1, 0.15) is 5.82 Å². The average Bonchev–Trinajstić information content (AvgIpc) is 2.84. The van der Waals surface area contributed by atoms with Crippen molar-refractivity contribution in [3.63, 3.8) is 0 Å². The Morgan fingerprint density at radius 1 is 1.06 bits per heavy atom. The van der Waals surface area contributed by atoms with Crippen molar-refractivity contribution in [1.29, 1.82) is 0 Å². The molecular weight excluding hydrogens is 421 g/mol. The molecule has 1 saturated heterocycles. The number of halogens is 1. The van der Waals surface area contributed by atoms with Gasteiger partial charge in [-0.25, -0.2) is 9.38 Å². The first-order valence-corrected chi connectivity index (χ1v) is 12.7. The summed E-state index contributed by atoms with van der Waals surface area (Å²) >= 11 is 1.86. The predicted molar refractivity (Wildman–Crippen MR) is 132 cm³/mol. The molecule has 4 nitrogen and oxygen atoms in total. The van der Waals surface area contributed by atoms with Crippen LogP contribution in [0.15, 0.2) is 53.5 Å². The van der Waals surface area contributed by atoms with Crippen LogP contribution in [0, 0.1) is 5.82 Å². The summed E-state index contributed by atoms with van der Waals surface area (Å²) in [5, 5.41) is 1.17. The topological polar surface area (TPSA) is 28.1 Å². The van der Waals surface area contributed by atoms with E-state index in [1.807, 2.05) is 23.9 Å². The third kappa shape index (κ3) is 6.56. The van der Waals surface area contributed by atoms with E-state index in [1.165, 1.54) is 42.1 Å². The number of aliphatic imine (C=N–C) groups is 1. The minimum Gasteiger partial charge on any atom is -0.381 e. The lowest BCUT2D eigenvalue weighted by molar-refractivity contribution is 0.123. The number of likely N-dealkylation sites (tertiary alicyclic amines) is 1. The number of thioether (sulfide) groups is 1. The van der Waals surface area contributed by atoms with Gasteiger partial charge in [-0.1, -0.05) is 42.1 Å². The van der Waals surface area contributed by atoms with Crippen molar-refractivity contribution in [1.82, 2.24) is 9.80 Å². The van der Waals surface area contributed by atoms with Crippen LogP contribution in [0.3, 0.4) is 0 Å². The van der Waals surface area contributed by atoms with Crippen molar-refractivity contribution in [2.24, 2.45) is 4.99 Å². The van der Waals surface area contributed by atoms with E-state index in [9.17, 15) is 4.39 Å². The Hall–Kier alpha value is -1.89. The fourth-order valence-corrected chi connectivity index (χ4v) is 5.41. The summed E-state index contributed by atoms with van der Waals surface area (Å²) in [5.41, 5.74) is 3.59. The lowest BCUT2D eigenvalue weighted by atomic mass is 10.0. The number of hydrogen-bond acceptors (Lipinski definition) is 5. The van der Waals surface area contributed by atoms with Crippen LogP contribution in [-0.2, 0) is 16.9 Å². The van der Waals surface area contributed by atoms with E-state index >= 15 is 0 Å². The first kappa shape index (κ1) is 23.3. The van der Waals surface area contributed by atoms with Gasteiger partial charge in [-0.05, 0) is 68.0 Å². The second-order valence-electron chi connectivity index (χ2n) is 8.69. The zero-order valence-corrected chi connectivity index (χ0v) is 19.8. The van der Waals surface area contributed by atoms with Gasteiger partial charge in [-0.3, -0.25) is 0 Å². The molecule has 2 aliphatic rings. The number of ether oxygens (including phenoxy) is 1. The van der Waals surface area contributed by atoms with Crippen molar-refractivity contribution >= 4 is 22.6 Å². The van der Waals surface area contributed by atoms with Gasteiger partial charge in [0.15, 0.2) is 5.17 Å². The van der Waals surface area contributed by atoms with Crippen LogP contribution in [-0.4, -0.2) is 60.9 Å². The summed E-state index contributed by atoms with van der Waals surface area (Å²) in [6.45, 7) is 4.99. The number of benzene rings is 2. The molecule has 0 unspecified atom stereocenters. The molecule has 0 bridgehead atoms. The Morgan fingerprint density at radius 3 is 2.66 bits per heavy atom. The molecule has 0 spiro atoms. The van der Waals surface area contributed by atoms with E-state index in [1.54, 1.807) is 0 Å². The van der Waals surface area contributed by atoms with E-state index in [2.05, 4.69) is 41.1 Å². The quantitative estimate of drug-likeness (QED) is 0.467. The number of amidine groups is 1. The van der Waals surface area contributed by atoms with Crippen LogP contribution in [0.25, 0.3) is 0 Å². The van der Waals surface area contributed by atoms with Crippen LogP contribution < -0.4 is 0 Å². The molecule has 0 aliphatic carbocycles. The van der Waals surface area contributed by atoms with Crippen LogP contribution in [0.4, 0.5) is 10.1 Å². The van der Waals surface area contributed by atoms with Crippen molar-refractivity contribution in [3.8, 4) is 0 Å². The SMILES string of the molecule is CN(C1=Nc2ccccc2CS1)C1CCN(CCCCOCCc2ccc(F)cc2)CC1. The predicted octanol–water partition coefficient (Wildman–Crippen LogP) is 5.50. The molecule has 2 heterocycles. The van der Waals surface area contributed by atoms with Crippen LogP contribution in [0.2, 0.25) is 0 Å². The highest BCUT2D eigenvalue weighted by Crippen LogP contribution is 2.32. The molecule has 0 amide bonds. The standard InChI is InChI=1S/C26H34FN3OS/c1-29(26-28-25-7-3-2-6-22(25)20-32-26)24-12-16-30(17-13-24)15-4-5-18-31-19-14-21-8-10-23(27)11-9-21/h2-3,6-11,24H,4-5,12-20H2,1H3. The average molecular weight is 456 g/mol. The Labute approximate surface area is 195 Å². The normalized spacial score (nSPS) is 17.1. The van der Waals surface area contributed by atoms with E-state index < -0.39 is 0 Å². The second-order valence-corrected chi connectivity index (χ2v) is 9.63. The molecule has 2 aromatic rings. The molecule has 2 aromatic carbocycles. The van der Waals surface area contributed by atoms with Gasteiger partial charge >= 0.3 is 0 Å². The molecular formula is C26H34FN3OS. The van der Waals surface area contributed by atoms with E-state index in [0.717, 1.165) is 56.1 Å². The summed E-state index contributed by atoms with van der Waals surface area (Å²) in [5.74, 6) is 0.835. The maximum Gasteiger partial charge on any atom is 0.164 e. The van der Waals surface area contributed by atoms with Crippen molar-refractivity contribution in [3.05, 3.63) is 65.5 Å². The first-order chi connectivity index (χ1) is 15.7. The number of para-hydroxylation sites is 1. The highest BCUT2D eigenvalue weighted by Gasteiger charge is 2.26. The highest BCUT2D eigenvalue weighted by molar-refractivity contribution is 8.13. The van der Waals surface area contributed by atoms with Crippen LogP contribution in [0.1, 0.15) is 36.8 Å². The summed E-state index contributed by atoms with van der Waals surface area (Å²) in [4.78, 5) is 9.91. The molecule has 6 heteroatoms.